The largest absolute Gasteiger partial charge is 0.460 e. The van der Waals surface area contributed by atoms with Crippen molar-refractivity contribution in [3.8, 4) is 0 Å². The quantitative estimate of drug-likeness (QED) is 0.0882. The first kappa shape index (κ1) is 46.7. The molecule has 0 bridgehead atoms. The zero-order valence-corrected chi connectivity index (χ0v) is 32.5. The van der Waals surface area contributed by atoms with Crippen LogP contribution < -0.4 is 21.3 Å². The fourth-order valence-corrected chi connectivity index (χ4v) is 6.03. The summed E-state index contributed by atoms with van der Waals surface area (Å²) in [4.78, 5) is 82.5. The predicted octanol–water partition coefficient (Wildman–Crippen LogP) is 1.57. The molecule has 300 valence electrons. The molecule has 1 heterocycles. The number of aliphatic hydroxyl groups excluding tert-OH is 2. The second kappa shape index (κ2) is 25.6. The maximum absolute atomic E-state index is 14.0. The molecule has 5 amide bonds. The summed E-state index contributed by atoms with van der Waals surface area (Å²) in [6.07, 6.45) is 8.69. The smallest absolute Gasteiger partial charge is 0.325 e. The Morgan fingerprint density at radius 1 is 0.827 bits per heavy atom. The first-order valence-corrected chi connectivity index (χ1v) is 19.2. The first-order valence-electron chi connectivity index (χ1n) is 19.2. The van der Waals surface area contributed by atoms with Gasteiger partial charge in [-0.25, -0.2) is 0 Å². The molecular weight excluding hydrogens is 674 g/mol. The zero-order chi connectivity index (χ0) is 39.2. The monoisotopic (exact) mass is 741 g/mol. The Hall–Kier alpha value is -3.30. The number of nitrogens with one attached hydrogen (secondary N) is 4. The molecule has 1 aliphatic rings. The van der Waals surface area contributed by atoms with Gasteiger partial charge in [0, 0.05) is 7.05 Å². The number of nitrogens with zero attached hydrogens (tertiary/aromatic N) is 1. The molecule has 7 atom stereocenters. The highest BCUT2D eigenvalue weighted by molar-refractivity contribution is 5.96. The van der Waals surface area contributed by atoms with Crippen LogP contribution in [0.3, 0.4) is 0 Å². The van der Waals surface area contributed by atoms with Gasteiger partial charge in [0.1, 0.15) is 36.8 Å². The number of rotatable bonds is 18. The van der Waals surface area contributed by atoms with Crippen molar-refractivity contribution in [2.75, 3.05) is 40.0 Å². The van der Waals surface area contributed by atoms with Crippen LogP contribution >= 0.6 is 0 Å². The number of aliphatic hydroxyl groups is 2. The van der Waals surface area contributed by atoms with E-state index in [1.54, 1.807) is 13.8 Å². The summed E-state index contributed by atoms with van der Waals surface area (Å²) < 4.78 is 11.1. The second-order valence-corrected chi connectivity index (χ2v) is 14.4. The van der Waals surface area contributed by atoms with Gasteiger partial charge in [0.25, 0.3) is 0 Å². The topological polar surface area (TPSA) is 213 Å². The van der Waals surface area contributed by atoms with Crippen LogP contribution in [0, 0.1) is 17.8 Å². The molecule has 0 radical (unpaired) electrons. The van der Waals surface area contributed by atoms with Crippen LogP contribution in [-0.4, -0.2) is 121 Å². The van der Waals surface area contributed by atoms with E-state index in [2.05, 4.69) is 28.2 Å². The fourth-order valence-electron chi connectivity index (χ4n) is 6.03. The third kappa shape index (κ3) is 16.6. The number of hydrogen-bond acceptors (Lipinski definition) is 10. The molecule has 0 aliphatic carbocycles. The van der Waals surface area contributed by atoms with Crippen molar-refractivity contribution >= 4 is 35.5 Å². The van der Waals surface area contributed by atoms with Crippen LogP contribution in [0.4, 0.5) is 0 Å². The molecule has 1 unspecified atom stereocenters. The van der Waals surface area contributed by atoms with Crippen LogP contribution in [0.15, 0.2) is 0 Å². The molecule has 15 heteroatoms. The number of cyclic esters (lactones) is 1. The van der Waals surface area contributed by atoms with E-state index in [4.69, 9.17) is 14.6 Å². The normalized spacial score (nSPS) is 25.3. The lowest BCUT2D eigenvalue weighted by molar-refractivity contribution is -0.157. The van der Waals surface area contributed by atoms with E-state index in [0.29, 0.717) is 19.3 Å². The SMILES string of the molecule is CCCCCCCCCC[C@H]1OC(=O)CNC(=O)[C@H](COCCO)NC(=O)[C@H](CO)NC(=O)[C@H](C(C)CC)NC(=O)[C@H](CC(C)C)N(C)C(=O)[C@@H]1C. The van der Waals surface area contributed by atoms with Gasteiger partial charge in [-0.1, -0.05) is 92.9 Å². The number of esters is 1. The van der Waals surface area contributed by atoms with Crippen LogP contribution in [0.1, 0.15) is 112 Å². The number of ether oxygens (including phenoxy) is 2. The highest BCUT2D eigenvalue weighted by Gasteiger charge is 2.38. The van der Waals surface area contributed by atoms with Crippen LogP contribution in [0.2, 0.25) is 0 Å². The van der Waals surface area contributed by atoms with E-state index < -0.39 is 90.8 Å². The third-order valence-electron chi connectivity index (χ3n) is 9.55. The maximum Gasteiger partial charge on any atom is 0.325 e. The van der Waals surface area contributed by atoms with Gasteiger partial charge in [0.15, 0.2) is 0 Å². The highest BCUT2D eigenvalue weighted by atomic mass is 16.5. The number of carbonyl (C=O) groups excluding carboxylic acids is 6. The molecule has 0 aromatic heterocycles. The van der Waals surface area contributed by atoms with Gasteiger partial charge in [-0.2, -0.15) is 0 Å². The van der Waals surface area contributed by atoms with Crippen molar-refractivity contribution in [2.24, 2.45) is 17.8 Å². The standard InChI is InChI=1S/C37H67N5O10/c1-8-10-11-12-13-14-15-16-17-30-26(6)37(50)42(7)29(20-24(3)4)35(48)41-32(25(5)9-2)36(49)39-27(22-44)34(47)40-28(23-51-19-18-43)33(46)38-21-31(45)52-30/h24-30,32,43-44H,8-23H2,1-7H3,(H,38,46)(H,39,49)(H,40,47)(H,41,48)/t25?,26-,27+,28+,29+,30-,32+/m1/s1. The molecule has 1 fully saturated rings. The summed E-state index contributed by atoms with van der Waals surface area (Å²) in [6.45, 7) is 8.95. The van der Waals surface area contributed by atoms with E-state index in [0.717, 1.165) is 32.1 Å². The molecule has 1 aliphatic heterocycles. The average Bonchev–Trinajstić information content (AvgIpc) is 3.12. The van der Waals surface area contributed by atoms with E-state index in [9.17, 15) is 33.9 Å². The van der Waals surface area contributed by atoms with Crippen molar-refractivity contribution < 1.29 is 48.5 Å². The van der Waals surface area contributed by atoms with Crippen molar-refractivity contribution in [3.63, 3.8) is 0 Å². The van der Waals surface area contributed by atoms with E-state index in [1.807, 2.05) is 20.8 Å². The Bertz CT molecular complexity index is 1120. The second-order valence-electron chi connectivity index (χ2n) is 14.4. The minimum atomic E-state index is -1.51. The Balaban J connectivity index is 3.52. The number of likely N-dealkylation sites (N-methyl/N-ethyl adjacent to an activating group) is 1. The number of hydrogen-bond donors (Lipinski definition) is 6. The van der Waals surface area contributed by atoms with Gasteiger partial charge in [-0.05, 0) is 31.1 Å². The molecule has 0 aromatic rings. The van der Waals surface area contributed by atoms with Gasteiger partial charge in [-0.15, -0.1) is 0 Å². The van der Waals surface area contributed by atoms with Crippen molar-refractivity contribution in [2.45, 2.75) is 142 Å². The van der Waals surface area contributed by atoms with Gasteiger partial charge in [0.05, 0.1) is 32.3 Å². The van der Waals surface area contributed by atoms with Gasteiger partial charge in [0.2, 0.25) is 29.5 Å². The minimum absolute atomic E-state index is 0.00915. The predicted molar refractivity (Wildman–Crippen MR) is 196 cm³/mol. The maximum atomic E-state index is 14.0. The van der Waals surface area contributed by atoms with Crippen LogP contribution in [0.25, 0.3) is 0 Å². The minimum Gasteiger partial charge on any atom is -0.460 e. The van der Waals surface area contributed by atoms with E-state index in [-0.39, 0.29) is 32.2 Å². The summed E-state index contributed by atoms with van der Waals surface area (Å²) in [5.41, 5.74) is 0. The Kier molecular flexibility index (Phi) is 23.0. The molecule has 52 heavy (non-hydrogen) atoms. The molecule has 0 saturated carbocycles. The molecule has 15 nitrogen and oxygen atoms in total. The van der Waals surface area contributed by atoms with Crippen molar-refractivity contribution in [3.05, 3.63) is 0 Å². The van der Waals surface area contributed by atoms with E-state index in [1.165, 1.54) is 24.8 Å². The van der Waals surface area contributed by atoms with Crippen molar-refractivity contribution in [1.82, 2.24) is 26.2 Å². The van der Waals surface area contributed by atoms with E-state index >= 15 is 0 Å². The summed E-state index contributed by atoms with van der Waals surface area (Å²) in [7, 11) is 1.52. The highest BCUT2D eigenvalue weighted by Crippen LogP contribution is 2.22. The van der Waals surface area contributed by atoms with Crippen LogP contribution in [-0.2, 0) is 38.2 Å². The lowest BCUT2D eigenvalue weighted by Crippen LogP contribution is -2.61. The summed E-state index contributed by atoms with van der Waals surface area (Å²) in [5.74, 6) is -5.49. The molecule has 6 N–H and O–H groups in total. The average molecular weight is 742 g/mol. The lowest BCUT2D eigenvalue weighted by Gasteiger charge is -2.34. The number of amides is 5. The molecular formula is C37H67N5O10. The number of unbranched alkanes of at least 4 members (excludes halogenated alkanes) is 7. The van der Waals surface area contributed by atoms with Crippen molar-refractivity contribution in [1.29, 1.82) is 0 Å². The lowest BCUT2D eigenvalue weighted by atomic mass is 9.94. The van der Waals surface area contributed by atoms with Gasteiger partial charge < -0.3 is 45.9 Å². The summed E-state index contributed by atoms with van der Waals surface area (Å²) >= 11 is 0. The first-order chi connectivity index (χ1) is 24.7. The molecule has 0 aromatic carbocycles. The fraction of sp³-hybridized carbons (Fsp3) is 0.838. The van der Waals surface area contributed by atoms with Gasteiger partial charge in [-0.3, -0.25) is 28.8 Å². The van der Waals surface area contributed by atoms with Gasteiger partial charge >= 0.3 is 5.97 Å². The summed E-state index contributed by atoms with van der Waals surface area (Å²) in [5, 5.41) is 29.3. The Morgan fingerprint density at radius 2 is 1.44 bits per heavy atom. The Labute approximate surface area is 310 Å². The summed E-state index contributed by atoms with van der Waals surface area (Å²) in [6, 6.07) is -4.97. The molecule has 0 spiro atoms. The molecule has 1 rings (SSSR count). The third-order valence-corrected chi connectivity index (χ3v) is 9.55. The number of carbonyl (C=O) groups is 6. The van der Waals surface area contributed by atoms with Crippen LogP contribution in [0.5, 0.6) is 0 Å². The molecule has 1 saturated heterocycles. The Morgan fingerprint density at radius 3 is 2.02 bits per heavy atom. The zero-order valence-electron chi connectivity index (χ0n) is 32.5.